The van der Waals surface area contributed by atoms with Crippen LogP contribution in [0, 0.1) is 0 Å². The normalized spacial score (nSPS) is 22.1. The highest BCUT2D eigenvalue weighted by molar-refractivity contribution is 5.60. The standard InChI is InChI=1S/C16H26N2O3/c1-2-19-9-10-20-13-4-6-14(7-5-13)21-16-8-3-12(17)11-15(16)18/h3,8,11,13-14H,2,4-7,9-10,17-18H2,1H3. The van der Waals surface area contributed by atoms with Crippen molar-refractivity contribution in [2.75, 3.05) is 31.3 Å². The molecule has 21 heavy (non-hydrogen) atoms. The van der Waals surface area contributed by atoms with E-state index in [0.29, 0.717) is 30.7 Å². The van der Waals surface area contributed by atoms with E-state index >= 15 is 0 Å². The van der Waals surface area contributed by atoms with Gasteiger partial charge in [-0.3, -0.25) is 0 Å². The minimum absolute atomic E-state index is 0.211. The molecule has 2 rings (SSSR count). The highest BCUT2D eigenvalue weighted by atomic mass is 16.5. The Morgan fingerprint density at radius 2 is 1.76 bits per heavy atom. The number of benzene rings is 1. The molecule has 5 heteroatoms. The Bertz CT molecular complexity index is 432. The van der Waals surface area contributed by atoms with E-state index in [1.165, 1.54) is 0 Å². The van der Waals surface area contributed by atoms with E-state index in [1.807, 2.05) is 19.1 Å². The molecule has 0 amide bonds. The van der Waals surface area contributed by atoms with Gasteiger partial charge >= 0.3 is 0 Å². The van der Waals surface area contributed by atoms with Crippen molar-refractivity contribution in [1.82, 2.24) is 0 Å². The van der Waals surface area contributed by atoms with Gasteiger partial charge in [0.2, 0.25) is 0 Å². The first-order chi connectivity index (χ1) is 10.2. The zero-order chi connectivity index (χ0) is 15.1. The predicted molar refractivity (Wildman–Crippen MR) is 84.4 cm³/mol. The summed E-state index contributed by atoms with van der Waals surface area (Å²) in [7, 11) is 0. The number of ether oxygens (including phenoxy) is 3. The van der Waals surface area contributed by atoms with E-state index in [1.54, 1.807) is 6.07 Å². The number of anilines is 2. The molecule has 0 bridgehead atoms. The van der Waals surface area contributed by atoms with E-state index < -0.39 is 0 Å². The molecule has 118 valence electrons. The Balaban J connectivity index is 1.71. The molecule has 0 radical (unpaired) electrons. The fourth-order valence-electron chi connectivity index (χ4n) is 2.59. The topological polar surface area (TPSA) is 79.7 Å². The third-order valence-electron chi connectivity index (χ3n) is 3.73. The lowest BCUT2D eigenvalue weighted by atomic mass is 9.95. The second kappa shape index (κ2) is 8.10. The molecule has 1 aliphatic carbocycles. The Morgan fingerprint density at radius 1 is 1.05 bits per heavy atom. The monoisotopic (exact) mass is 294 g/mol. The molecule has 0 heterocycles. The Labute approximate surface area is 126 Å². The first-order valence-electron chi connectivity index (χ1n) is 7.70. The van der Waals surface area contributed by atoms with Crippen molar-refractivity contribution >= 4 is 11.4 Å². The maximum absolute atomic E-state index is 5.97. The third kappa shape index (κ3) is 5.10. The highest BCUT2D eigenvalue weighted by Gasteiger charge is 2.23. The van der Waals surface area contributed by atoms with Crippen molar-refractivity contribution in [3.05, 3.63) is 18.2 Å². The molecule has 4 N–H and O–H groups in total. The SMILES string of the molecule is CCOCCOC1CCC(Oc2ccc(N)cc2N)CC1. The lowest BCUT2D eigenvalue weighted by molar-refractivity contribution is -0.0231. The van der Waals surface area contributed by atoms with E-state index in [-0.39, 0.29) is 6.10 Å². The molecule has 0 spiro atoms. The minimum atomic E-state index is 0.211. The molecule has 0 aliphatic heterocycles. The van der Waals surface area contributed by atoms with Crippen LogP contribution in [0.15, 0.2) is 18.2 Å². The van der Waals surface area contributed by atoms with Crippen molar-refractivity contribution in [2.45, 2.75) is 44.8 Å². The van der Waals surface area contributed by atoms with E-state index in [9.17, 15) is 0 Å². The zero-order valence-corrected chi connectivity index (χ0v) is 12.7. The molecule has 1 aliphatic rings. The summed E-state index contributed by atoms with van der Waals surface area (Å²) >= 11 is 0. The number of hydrogen-bond donors (Lipinski definition) is 2. The molecule has 0 aromatic heterocycles. The van der Waals surface area contributed by atoms with Gasteiger partial charge in [0, 0.05) is 12.3 Å². The zero-order valence-electron chi connectivity index (χ0n) is 12.7. The number of nitrogen functional groups attached to an aromatic ring is 2. The summed E-state index contributed by atoms with van der Waals surface area (Å²) in [4.78, 5) is 0. The summed E-state index contributed by atoms with van der Waals surface area (Å²) in [5.74, 6) is 0.727. The summed E-state index contributed by atoms with van der Waals surface area (Å²) in [6.45, 7) is 4.09. The van der Waals surface area contributed by atoms with Crippen LogP contribution in [0.5, 0.6) is 5.75 Å². The summed E-state index contributed by atoms with van der Waals surface area (Å²) in [5.41, 5.74) is 12.9. The van der Waals surface area contributed by atoms with Crippen molar-refractivity contribution in [3.8, 4) is 5.75 Å². The molecular weight excluding hydrogens is 268 g/mol. The van der Waals surface area contributed by atoms with Crippen LogP contribution in [-0.4, -0.2) is 32.0 Å². The van der Waals surface area contributed by atoms with Crippen molar-refractivity contribution in [2.24, 2.45) is 0 Å². The molecule has 0 saturated heterocycles. The Kier molecular flexibility index (Phi) is 6.14. The van der Waals surface area contributed by atoms with Gasteiger partial charge in [0.05, 0.1) is 31.1 Å². The van der Waals surface area contributed by atoms with Gasteiger partial charge in [-0.15, -0.1) is 0 Å². The van der Waals surface area contributed by atoms with Gasteiger partial charge < -0.3 is 25.7 Å². The Morgan fingerprint density at radius 3 is 2.43 bits per heavy atom. The molecular formula is C16H26N2O3. The Hall–Kier alpha value is -1.46. The number of hydrogen-bond acceptors (Lipinski definition) is 5. The summed E-state index contributed by atoms with van der Waals surface area (Å²) in [6.07, 6.45) is 4.56. The fraction of sp³-hybridized carbons (Fsp3) is 0.625. The number of nitrogens with two attached hydrogens (primary N) is 2. The van der Waals surface area contributed by atoms with Crippen molar-refractivity contribution in [3.63, 3.8) is 0 Å². The van der Waals surface area contributed by atoms with Gasteiger partial charge in [-0.1, -0.05) is 0 Å². The smallest absolute Gasteiger partial charge is 0.142 e. The second-order valence-corrected chi connectivity index (χ2v) is 5.38. The van der Waals surface area contributed by atoms with Crippen LogP contribution in [0.2, 0.25) is 0 Å². The molecule has 1 aromatic rings. The highest BCUT2D eigenvalue weighted by Crippen LogP contribution is 2.29. The molecule has 0 atom stereocenters. The summed E-state index contributed by atoms with van der Waals surface area (Å²) in [5, 5.41) is 0. The van der Waals surface area contributed by atoms with Gasteiger partial charge in [0.15, 0.2) is 0 Å². The maximum Gasteiger partial charge on any atom is 0.142 e. The lowest BCUT2D eigenvalue weighted by Crippen LogP contribution is -2.29. The maximum atomic E-state index is 5.97. The average molecular weight is 294 g/mol. The lowest BCUT2D eigenvalue weighted by Gasteiger charge is -2.29. The van der Waals surface area contributed by atoms with E-state index in [4.69, 9.17) is 25.7 Å². The first kappa shape index (κ1) is 15.9. The first-order valence-corrected chi connectivity index (χ1v) is 7.70. The van der Waals surface area contributed by atoms with Gasteiger partial charge in [0.1, 0.15) is 5.75 Å². The van der Waals surface area contributed by atoms with E-state index in [2.05, 4.69) is 0 Å². The third-order valence-corrected chi connectivity index (χ3v) is 3.73. The molecule has 1 saturated carbocycles. The van der Waals surface area contributed by atoms with Crippen molar-refractivity contribution in [1.29, 1.82) is 0 Å². The molecule has 1 fully saturated rings. The molecule has 1 aromatic carbocycles. The average Bonchev–Trinajstić information content (AvgIpc) is 2.48. The van der Waals surface area contributed by atoms with Crippen LogP contribution >= 0.6 is 0 Å². The molecule has 5 nitrogen and oxygen atoms in total. The predicted octanol–water partition coefficient (Wildman–Crippen LogP) is 2.59. The van der Waals surface area contributed by atoms with Crippen LogP contribution in [0.1, 0.15) is 32.6 Å². The van der Waals surface area contributed by atoms with Gasteiger partial charge in [-0.25, -0.2) is 0 Å². The van der Waals surface area contributed by atoms with Crippen LogP contribution in [0.25, 0.3) is 0 Å². The second-order valence-electron chi connectivity index (χ2n) is 5.38. The summed E-state index contributed by atoms with van der Waals surface area (Å²) in [6, 6.07) is 5.39. The minimum Gasteiger partial charge on any atom is -0.488 e. The molecule has 0 unspecified atom stereocenters. The van der Waals surface area contributed by atoms with Crippen LogP contribution in [0.4, 0.5) is 11.4 Å². The van der Waals surface area contributed by atoms with Crippen LogP contribution < -0.4 is 16.2 Å². The summed E-state index contributed by atoms with van der Waals surface area (Å²) < 4.78 is 17.0. The quantitative estimate of drug-likeness (QED) is 0.597. The fourth-order valence-corrected chi connectivity index (χ4v) is 2.59. The number of rotatable bonds is 7. The van der Waals surface area contributed by atoms with Gasteiger partial charge in [-0.05, 0) is 50.8 Å². The van der Waals surface area contributed by atoms with Crippen molar-refractivity contribution < 1.29 is 14.2 Å². The van der Waals surface area contributed by atoms with Crippen LogP contribution in [-0.2, 0) is 9.47 Å². The van der Waals surface area contributed by atoms with Crippen LogP contribution in [0.3, 0.4) is 0 Å². The largest absolute Gasteiger partial charge is 0.488 e. The van der Waals surface area contributed by atoms with Gasteiger partial charge in [0.25, 0.3) is 0 Å². The van der Waals surface area contributed by atoms with E-state index in [0.717, 1.165) is 38.0 Å². The van der Waals surface area contributed by atoms with Gasteiger partial charge in [-0.2, -0.15) is 0 Å².